The lowest BCUT2D eigenvalue weighted by molar-refractivity contribution is -0.148. The van der Waals surface area contributed by atoms with Gasteiger partial charge >= 0.3 is 11.9 Å². The molecule has 164 valence electrons. The van der Waals surface area contributed by atoms with Crippen LogP contribution in [0.15, 0.2) is 28.5 Å². The van der Waals surface area contributed by atoms with E-state index in [0.717, 1.165) is 44.2 Å². The number of carbonyl (C=O) groups excluding carboxylic acids is 2. The van der Waals surface area contributed by atoms with Crippen LogP contribution in [0.4, 0.5) is 0 Å². The molecule has 0 aromatic heterocycles. The monoisotopic (exact) mass is 413 g/mol. The number of allylic oxidation sites excluding steroid dienone is 3. The van der Waals surface area contributed by atoms with Crippen molar-refractivity contribution in [2.24, 2.45) is 33.7 Å². The lowest BCUT2D eigenvalue weighted by atomic mass is 9.47. The van der Waals surface area contributed by atoms with Crippen LogP contribution >= 0.6 is 0 Å². The average molecular weight is 414 g/mol. The summed E-state index contributed by atoms with van der Waals surface area (Å²) in [5, 5.41) is 4.10. The van der Waals surface area contributed by atoms with E-state index in [9.17, 15) is 9.59 Å². The summed E-state index contributed by atoms with van der Waals surface area (Å²) in [5.41, 5.74) is 3.96. The Bertz CT molecular complexity index is 840. The molecule has 4 aliphatic rings. The van der Waals surface area contributed by atoms with E-state index >= 15 is 0 Å². The van der Waals surface area contributed by atoms with Crippen molar-refractivity contribution >= 4 is 17.7 Å². The van der Waals surface area contributed by atoms with E-state index < -0.39 is 0 Å². The van der Waals surface area contributed by atoms with Crippen molar-refractivity contribution in [3.8, 4) is 0 Å². The Morgan fingerprint density at radius 2 is 1.70 bits per heavy atom. The molecule has 0 saturated heterocycles. The van der Waals surface area contributed by atoms with Crippen molar-refractivity contribution in [2.75, 3.05) is 0 Å². The summed E-state index contributed by atoms with van der Waals surface area (Å²) in [6, 6.07) is 0. The molecule has 0 bridgehead atoms. The molecule has 2 fully saturated rings. The molecule has 0 aromatic carbocycles. The molecule has 0 N–H and O–H groups in total. The zero-order valence-corrected chi connectivity index (χ0v) is 19.0. The molecule has 0 aliphatic heterocycles. The van der Waals surface area contributed by atoms with E-state index in [1.165, 1.54) is 31.4 Å². The van der Waals surface area contributed by atoms with Crippen molar-refractivity contribution in [3.63, 3.8) is 0 Å². The topological polar surface area (TPSA) is 65.0 Å². The molecule has 0 heterocycles. The van der Waals surface area contributed by atoms with Crippen LogP contribution in [-0.4, -0.2) is 23.8 Å². The maximum Gasteiger partial charge on any atom is 0.331 e. The number of esters is 1. The van der Waals surface area contributed by atoms with E-state index in [4.69, 9.17) is 9.57 Å². The second kappa shape index (κ2) is 7.65. The molecule has 0 aromatic rings. The summed E-state index contributed by atoms with van der Waals surface area (Å²) in [4.78, 5) is 27.5. The van der Waals surface area contributed by atoms with Crippen LogP contribution < -0.4 is 0 Å². The van der Waals surface area contributed by atoms with Crippen LogP contribution in [-0.2, 0) is 19.2 Å². The molecule has 6 atom stereocenters. The molecule has 0 amide bonds. The third-order valence-electron chi connectivity index (χ3n) is 8.67. The maximum absolute atomic E-state index is 11.4. The molecule has 4 aliphatic carbocycles. The highest BCUT2D eigenvalue weighted by atomic mass is 16.7. The zero-order chi connectivity index (χ0) is 21.7. The first-order chi connectivity index (χ1) is 14.1. The predicted molar refractivity (Wildman–Crippen MR) is 116 cm³/mol. The summed E-state index contributed by atoms with van der Waals surface area (Å²) in [6.07, 6.45) is 12.4. The van der Waals surface area contributed by atoms with Crippen LogP contribution in [0.1, 0.15) is 79.6 Å². The fourth-order valence-corrected chi connectivity index (χ4v) is 7.27. The van der Waals surface area contributed by atoms with Gasteiger partial charge in [-0.15, -0.1) is 0 Å². The van der Waals surface area contributed by atoms with Crippen molar-refractivity contribution in [2.45, 2.75) is 85.7 Å². The SMILES string of the molecule is CC(=O)O/N=C(/C)C1=CC[C@H]2[C@H]3CC=C4C[C@@H](OC(C)=O)CC[C@]4(C)[C@@H]3CC[C@]12C. The van der Waals surface area contributed by atoms with Gasteiger partial charge in [0, 0.05) is 20.3 Å². The van der Waals surface area contributed by atoms with E-state index in [0.29, 0.717) is 17.8 Å². The van der Waals surface area contributed by atoms with Gasteiger partial charge in [0.05, 0.1) is 5.71 Å². The third-order valence-corrected chi connectivity index (χ3v) is 8.67. The standard InChI is InChI=1S/C25H35NO4/c1-15(26-30-17(3)28)21-8-9-22-20-7-6-18-14-19(29-16(2)27)10-12-24(18,4)23(20)11-13-25(21,22)5/h6,8,19-20,22-23H,7,9-14H2,1-5H3/b26-15-/t19-,20+,22-,23+,24-,25+/m0/s1. The fourth-order valence-electron chi connectivity index (χ4n) is 7.27. The minimum Gasteiger partial charge on any atom is -0.462 e. The molecule has 2 saturated carbocycles. The Hall–Kier alpha value is -1.91. The van der Waals surface area contributed by atoms with E-state index in [2.05, 4.69) is 31.2 Å². The van der Waals surface area contributed by atoms with Gasteiger partial charge < -0.3 is 9.57 Å². The third kappa shape index (κ3) is 3.44. The molecule has 5 nitrogen and oxygen atoms in total. The first-order valence-electron chi connectivity index (χ1n) is 11.4. The van der Waals surface area contributed by atoms with Gasteiger partial charge in [-0.1, -0.05) is 36.7 Å². The van der Waals surface area contributed by atoms with Gasteiger partial charge in [-0.2, -0.15) is 0 Å². The van der Waals surface area contributed by atoms with Crippen LogP contribution in [0.5, 0.6) is 0 Å². The van der Waals surface area contributed by atoms with Gasteiger partial charge in [-0.25, -0.2) is 4.79 Å². The Labute approximate surface area is 179 Å². The van der Waals surface area contributed by atoms with Crippen LogP contribution in [0.25, 0.3) is 0 Å². The van der Waals surface area contributed by atoms with Gasteiger partial charge in [-0.05, 0) is 79.6 Å². The summed E-state index contributed by atoms with van der Waals surface area (Å²) in [5.74, 6) is 1.42. The Kier molecular flexibility index (Phi) is 5.44. The molecular weight excluding hydrogens is 378 g/mol. The van der Waals surface area contributed by atoms with Gasteiger partial charge in [0.15, 0.2) is 0 Å². The molecule has 4 rings (SSSR count). The summed E-state index contributed by atoms with van der Waals surface area (Å²) in [7, 11) is 0. The minimum absolute atomic E-state index is 0.0483. The van der Waals surface area contributed by atoms with E-state index in [1.807, 2.05) is 6.92 Å². The van der Waals surface area contributed by atoms with Gasteiger partial charge in [0.1, 0.15) is 6.10 Å². The van der Waals surface area contributed by atoms with Gasteiger partial charge in [0.2, 0.25) is 0 Å². The van der Waals surface area contributed by atoms with E-state index in [1.54, 1.807) is 0 Å². The lowest BCUT2D eigenvalue weighted by Gasteiger charge is -2.57. The number of nitrogens with zero attached hydrogens (tertiary/aromatic N) is 1. The lowest BCUT2D eigenvalue weighted by Crippen LogP contribution is -2.50. The van der Waals surface area contributed by atoms with Crippen LogP contribution in [0.3, 0.4) is 0 Å². The fraction of sp³-hybridized carbons (Fsp3) is 0.720. The number of fused-ring (bicyclic) bond motifs is 5. The average Bonchev–Trinajstić information content (AvgIpc) is 3.03. The Morgan fingerprint density at radius 3 is 2.40 bits per heavy atom. The second-order valence-electron chi connectivity index (χ2n) is 10.3. The summed E-state index contributed by atoms with van der Waals surface area (Å²) in [6.45, 7) is 9.71. The second-order valence-corrected chi connectivity index (χ2v) is 10.3. The van der Waals surface area contributed by atoms with Crippen molar-refractivity contribution < 1.29 is 19.2 Å². The minimum atomic E-state index is -0.374. The number of hydrogen-bond acceptors (Lipinski definition) is 5. The number of oxime groups is 1. The molecule has 0 radical (unpaired) electrons. The van der Waals surface area contributed by atoms with E-state index in [-0.39, 0.29) is 28.9 Å². The number of carbonyl (C=O) groups is 2. The number of rotatable bonds is 3. The number of hydrogen-bond donors (Lipinski definition) is 0. The predicted octanol–water partition coefficient (Wildman–Crippen LogP) is 5.36. The first-order valence-corrected chi connectivity index (χ1v) is 11.4. The molecule has 0 unspecified atom stereocenters. The highest BCUT2D eigenvalue weighted by Crippen LogP contribution is 2.65. The Balaban J connectivity index is 1.55. The van der Waals surface area contributed by atoms with Crippen molar-refractivity contribution in [1.29, 1.82) is 0 Å². The smallest absolute Gasteiger partial charge is 0.331 e. The maximum atomic E-state index is 11.4. The molecule has 30 heavy (non-hydrogen) atoms. The van der Waals surface area contributed by atoms with Crippen LogP contribution in [0, 0.1) is 28.6 Å². The zero-order valence-electron chi connectivity index (χ0n) is 19.0. The number of ether oxygens (including phenoxy) is 1. The quantitative estimate of drug-likeness (QED) is 0.205. The molecule has 0 spiro atoms. The van der Waals surface area contributed by atoms with Crippen molar-refractivity contribution in [1.82, 2.24) is 0 Å². The highest BCUT2D eigenvalue weighted by molar-refractivity contribution is 5.99. The van der Waals surface area contributed by atoms with Gasteiger partial charge in [0.25, 0.3) is 0 Å². The van der Waals surface area contributed by atoms with Crippen LogP contribution in [0.2, 0.25) is 0 Å². The first kappa shape index (κ1) is 21.3. The highest BCUT2D eigenvalue weighted by Gasteiger charge is 2.57. The normalized spacial score (nSPS) is 40.4. The largest absolute Gasteiger partial charge is 0.462 e. The van der Waals surface area contributed by atoms with Crippen molar-refractivity contribution in [3.05, 3.63) is 23.3 Å². The summed E-state index contributed by atoms with van der Waals surface area (Å²) < 4.78 is 5.55. The Morgan fingerprint density at radius 1 is 0.967 bits per heavy atom. The van der Waals surface area contributed by atoms with Gasteiger partial charge in [-0.3, -0.25) is 4.79 Å². The molecule has 5 heteroatoms. The molecular formula is C25H35NO4. The summed E-state index contributed by atoms with van der Waals surface area (Å²) >= 11 is 0.